The molecule has 1 N–H and O–H groups in total. The van der Waals surface area contributed by atoms with Crippen molar-refractivity contribution in [1.82, 2.24) is 10.2 Å². The van der Waals surface area contributed by atoms with Crippen LogP contribution in [0.4, 0.5) is 5.69 Å². The number of sulfonamides is 1. The molecule has 3 aromatic carbocycles. The molecule has 1 fully saturated rings. The summed E-state index contributed by atoms with van der Waals surface area (Å²) >= 11 is 6.22. The summed E-state index contributed by atoms with van der Waals surface area (Å²) in [4.78, 5) is 28.9. The molecule has 1 atom stereocenters. The summed E-state index contributed by atoms with van der Waals surface area (Å²) in [6, 6.07) is 21.6. The molecule has 0 radical (unpaired) electrons. The molecule has 0 aromatic heterocycles. The Bertz CT molecular complexity index is 1440. The standard InChI is InChI=1S/C32H38ClN3O4S/c1-23(2)26-16-18-29(19-17-26)36(41(39,40)30-14-5-4-6-15-30)22-31(37)35(21-25-10-9-11-27(33)20-25)24(3)32(38)34-28-12-7-8-13-28/h4-6,9-11,14-20,23-24,28H,7-8,12-13,21-22H2,1-3H3,(H,34,38)/t24-/m1/s1. The van der Waals surface area contributed by atoms with Crippen LogP contribution in [0, 0.1) is 0 Å². The van der Waals surface area contributed by atoms with Crippen molar-refractivity contribution >= 4 is 39.1 Å². The Kier molecular flexibility index (Phi) is 10.1. The maximum absolute atomic E-state index is 14.1. The number of halogens is 1. The third kappa shape index (κ3) is 7.68. The molecule has 0 saturated heterocycles. The van der Waals surface area contributed by atoms with Gasteiger partial charge in [0, 0.05) is 17.6 Å². The van der Waals surface area contributed by atoms with Crippen LogP contribution in [0.25, 0.3) is 0 Å². The van der Waals surface area contributed by atoms with E-state index in [-0.39, 0.29) is 29.3 Å². The van der Waals surface area contributed by atoms with Crippen LogP contribution in [-0.2, 0) is 26.2 Å². The van der Waals surface area contributed by atoms with Gasteiger partial charge in [0.1, 0.15) is 12.6 Å². The number of carbonyl (C=O) groups excluding carboxylic acids is 2. The number of nitrogens with zero attached hydrogens (tertiary/aromatic N) is 2. The third-order valence-electron chi connectivity index (χ3n) is 7.57. The van der Waals surface area contributed by atoms with Crippen LogP contribution in [0.1, 0.15) is 63.5 Å². The summed E-state index contributed by atoms with van der Waals surface area (Å²) in [5, 5.41) is 3.59. The van der Waals surface area contributed by atoms with Gasteiger partial charge in [-0.1, -0.05) is 80.8 Å². The zero-order valence-corrected chi connectivity index (χ0v) is 25.4. The van der Waals surface area contributed by atoms with E-state index in [2.05, 4.69) is 19.2 Å². The Morgan fingerprint density at radius 3 is 2.20 bits per heavy atom. The molecule has 0 spiro atoms. The van der Waals surface area contributed by atoms with Crippen LogP contribution in [-0.4, -0.2) is 43.8 Å². The minimum Gasteiger partial charge on any atom is -0.352 e. The van der Waals surface area contributed by atoms with Crippen molar-refractivity contribution in [2.75, 3.05) is 10.8 Å². The molecule has 7 nitrogen and oxygen atoms in total. The number of anilines is 1. The summed E-state index contributed by atoms with van der Waals surface area (Å²) in [5.74, 6) is -0.491. The molecule has 1 aliphatic carbocycles. The van der Waals surface area contributed by atoms with E-state index in [1.54, 1.807) is 55.5 Å². The van der Waals surface area contributed by atoms with Gasteiger partial charge in [-0.2, -0.15) is 0 Å². The van der Waals surface area contributed by atoms with Crippen LogP contribution in [0.5, 0.6) is 0 Å². The van der Waals surface area contributed by atoms with E-state index in [0.717, 1.165) is 41.1 Å². The van der Waals surface area contributed by atoms with E-state index >= 15 is 0 Å². The van der Waals surface area contributed by atoms with Gasteiger partial charge in [0.25, 0.3) is 10.0 Å². The lowest BCUT2D eigenvalue weighted by molar-refractivity contribution is -0.139. The van der Waals surface area contributed by atoms with E-state index in [1.165, 1.54) is 17.0 Å². The van der Waals surface area contributed by atoms with E-state index < -0.39 is 28.5 Å². The molecule has 3 aromatic rings. The van der Waals surface area contributed by atoms with Gasteiger partial charge in [-0.05, 0) is 73.2 Å². The molecule has 1 aliphatic rings. The van der Waals surface area contributed by atoms with Crippen molar-refractivity contribution in [2.45, 2.75) is 75.9 Å². The lowest BCUT2D eigenvalue weighted by Gasteiger charge is -2.32. The normalized spacial score (nSPS) is 14.6. The predicted molar refractivity (Wildman–Crippen MR) is 163 cm³/mol. The fourth-order valence-electron chi connectivity index (χ4n) is 5.08. The monoisotopic (exact) mass is 595 g/mol. The average molecular weight is 596 g/mol. The van der Waals surface area contributed by atoms with Gasteiger partial charge < -0.3 is 10.2 Å². The lowest BCUT2D eigenvalue weighted by atomic mass is 10.0. The molecule has 218 valence electrons. The highest BCUT2D eigenvalue weighted by molar-refractivity contribution is 7.92. The largest absolute Gasteiger partial charge is 0.352 e. The average Bonchev–Trinajstić information content (AvgIpc) is 3.47. The summed E-state index contributed by atoms with van der Waals surface area (Å²) in [5.41, 5.74) is 2.17. The SMILES string of the molecule is CC(C)c1ccc(N(CC(=O)N(Cc2cccc(Cl)c2)[C@H](C)C(=O)NC2CCCC2)S(=O)(=O)c2ccccc2)cc1. The van der Waals surface area contributed by atoms with E-state index in [9.17, 15) is 18.0 Å². The first-order chi connectivity index (χ1) is 19.6. The number of nitrogens with one attached hydrogen (secondary N) is 1. The number of hydrogen-bond donors (Lipinski definition) is 1. The third-order valence-corrected chi connectivity index (χ3v) is 9.59. The van der Waals surface area contributed by atoms with Crippen LogP contribution in [0.2, 0.25) is 5.02 Å². The van der Waals surface area contributed by atoms with Gasteiger partial charge in [-0.25, -0.2) is 8.42 Å². The van der Waals surface area contributed by atoms with Crippen molar-refractivity contribution in [3.8, 4) is 0 Å². The second-order valence-corrected chi connectivity index (χ2v) is 13.2. The maximum Gasteiger partial charge on any atom is 0.264 e. The highest BCUT2D eigenvalue weighted by atomic mass is 35.5. The molecule has 41 heavy (non-hydrogen) atoms. The zero-order valence-electron chi connectivity index (χ0n) is 23.8. The number of benzene rings is 3. The number of amides is 2. The van der Waals surface area contributed by atoms with Gasteiger partial charge in [-0.3, -0.25) is 13.9 Å². The Morgan fingerprint density at radius 1 is 0.927 bits per heavy atom. The molecular weight excluding hydrogens is 558 g/mol. The fraction of sp³-hybridized carbons (Fsp3) is 0.375. The number of rotatable bonds is 11. The van der Waals surface area contributed by atoms with Gasteiger partial charge in [-0.15, -0.1) is 0 Å². The quantitative estimate of drug-likeness (QED) is 0.289. The number of hydrogen-bond acceptors (Lipinski definition) is 4. The minimum absolute atomic E-state index is 0.0779. The van der Waals surface area contributed by atoms with E-state index in [1.807, 2.05) is 18.2 Å². The maximum atomic E-state index is 14.1. The first kappa shape index (κ1) is 30.6. The molecule has 0 aliphatic heterocycles. The van der Waals surface area contributed by atoms with Crippen molar-refractivity contribution in [2.24, 2.45) is 0 Å². The summed E-state index contributed by atoms with van der Waals surface area (Å²) < 4.78 is 28.9. The van der Waals surface area contributed by atoms with Crippen LogP contribution in [0.3, 0.4) is 0 Å². The van der Waals surface area contributed by atoms with Crippen molar-refractivity contribution in [3.63, 3.8) is 0 Å². The minimum atomic E-state index is -4.10. The predicted octanol–water partition coefficient (Wildman–Crippen LogP) is 6.13. The Morgan fingerprint density at radius 2 is 1.59 bits per heavy atom. The molecule has 2 amide bonds. The highest BCUT2D eigenvalue weighted by Crippen LogP contribution is 2.27. The molecule has 4 rings (SSSR count). The van der Waals surface area contributed by atoms with Crippen molar-refractivity contribution < 1.29 is 18.0 Å². The first-order valence-electron chi connectivity index (χ1n) is 14.1. The second kappa shape index (κ2) is 13.5. The van der Waals surface area contributed by atoms with Crippen LogP contribution < -0.4 is 9.62 Å². The molecule has 0 bridgehead atoms. The Balaban J connectivity index is 1.68. The zero-order chi connectivity index (χ0) is 29.6. The van der Waals surface area contributed by atoms with Gasteiger partial charge in [0.2, 0.25) is 11.8 Å². The smallest absolute Gasteiger partial charge is 0.264 e. The Labute approximate surface area is 248 Å². The molecule has 0 unspecified atom stereocenters. The van der Waals surface area contributed by atoms with E-state index in [4.69, 9.17) is 11.6 Å². The highest BCUT2D eigenvalue weighted by Gasteiger charge is 2.33. The molecule has 1 saturated carbocycles. The van der Waals surface area contributed by atoms with Crippen molar-refractivity contribution in [3.05, 3.63) is 95.0 Å². The summed E-state index contributed by atoms with van der Waals surface area (Å²) in [6.07, 6.45) is 3.95. The summed E-state index contributed by atoms with van der Waals surface area (Å²) in [6.45, 7) is 5.43. The second-order valence-electron chi connectivity index (χ2n) is 10.9. The Hall–Kier alpha value is -3.36. The lowest BCUT2D eigenvalue weighted by Crippen LogP contribution is -2.52. The van der Waals surface area contributed by atoms with Crippen LogP contribution >= 0.6 is 11.6 Å². The molecule has 0 heterocycles. The summed E-state index contributed by atoms with van der Waals surface area (Å²) in [7, 11) is -4.10. The molecular formula is C32H38ClN3O4S. The van der Waals surface area contributed by atoms with Gasteiger partial charge in [0.05, 0.1) is 10.6 Å². The fourth-order valence-corrected chi connectivity index (χ4v) is 6.73. The number of carbonyl (C=O) groups is 2. The topological polar surface area (TPSA) is 86.8 Å². The van der Waals surface area contributed by atoms with E-state index in [0.29, 0.717) is 10.7 Å². The van der Waals surface area contributed by atoms with Gasteiger partial charge >= 0.3 is 0 Å². The molecule has 9 heteroatoms. The van der Waals surface area contributed by atoms with Gasteiger partial charge in [0.15, 0.2) is 0 Å². The van der Waals surface area contributed by atoms with Crippen molar-refractivity contribution in [1.29, 1.82) is 0 Å². The van der Waals surface area contributed by atoms with Crippen LogP contribution in [0.15, 0.2) is 83.8 Å². The first-order valence-corrected chi connectivity index (χ1v) is 15.9.